The number of carboxylic acids is 1. The fourth-order valence-corrected chi connectivity index (χ4v) is 9.55. The first kappa shape index (κ1) is 27.5. The van der Waals surface area contributed by atoms with Gasteiger partial charge in [-0.2, -0.15) is 0 Å². The Bertz CT molecular complexity index is 1010. The Morgan fingerprint density at radius 3 is 2.44 bits per heavy atom. The number of aliphatic carboxylic acids is 1. The monoisotopic (exact) mass is 526 g/mol. The Balaban J connectivity index is 1.68. The van der Waals surface area contributed by atoms with Crippen LogP contribution in [0, 0.1) is 46.3 Å². The first-order valence-electron chi connectivity index (χ1n) is 13.2. The van der Waals surface area contributed by atoms with Crippen LogP contribution in [0.2, 0.25) is 0 Å². The van der Waals surface area contributed by atoms with Crippen LogP contribution in [0.4, 0.5) is 0 Å². The molecule has 0 amide bonds. The third-order valence-electron chi connectivity index (χ3n) is 10.6. The summed E-state index contributed by atoms with van der Waals surface area (Å²) in [5, 5.41) is 11.1. The fourth-order valence-electron chi connectivity index (χ4n) is 8.98. The minimum Gasteiger partial charge on any atom is -0.726 e. The van der Waals surface area contributed by atoms with Gasteiger partial charge in [0.1, 0.15) is 11.9 Å². The molecule has 0 bridgehead atoms. The second-order valence-corrected chi connectivity index (χ2v) is 13.3. The normalized spacial score (nSPS) is 43.1. The van der Waals surface area contributed by atoms with Crippen molar-refractivity contribution < 1.29 is 41.4 Å². The van der Waals surface area contributed by atoms with Gasteiger partial charge >= 0.3 is 5.97 Å². The highest BCUT2D eigenvalue weighted by Gasteiger charge is 2.66. The van der Waals surface area contributed by atoms with Crippen molar-refractivity contribution >= 4 is 28.1 Å². The van der Waals surface area contributed by atoms with Crippen LogP contribution in [0.25, 0.3) is 0 Å². The molecule has 0 aromatic heterocycles. The number of carbonyl (C=O) groups is 3. The van der Waals surface area contributed by atoms with E-state index in [0.29, 0.717) is 38.5 Å². The lowest BCUT2D eigenvalue weighted by Crippen LogP contribution is -2.62. The number of Topliss-reactive ketones (excluding diaryl/α,β-unsaturated/α-hetero) is 1. The molecule has 4 fully saturated rings. The summed E-state index contributed by atoms with van der Waals surface area (Å²) in [4.78, 5) is 36.3. The van der Waals surface area contributed by atoms with Gasteiger partial charge in [-0.1, -0.05) is 20.8 Å². The van der Waals surface area contributed by atoms with Crippen molar-refractivity contribution in [3.63, 3.8) is 0 Å². The number of hydrogen-bond acceptors (Lipinski definition) is 9. The zero-order chi connectivity index (χ0) is 26.6. The summed E-state index contributed by atoms with van der Waals surface area (Å²) in [6.45, 7) is 7.43. The maximum absolute atomic E-state index is 13.7. The van der Waals surface area contributed by atoms with Crippen LogP contribution in [0.15, 0.2) is 0 Å². The minimum atomic E-state index is -4.99. The second kappa shape index (κ2) is 9.66. The standard InChI is InChI=1S/C26H40O9S/c1-14(5-8-23(29)30)18-6-7-19-24-20(13-22(26(18,19)4)35-36(31,32)33)25(3)10-9-17(34-15(2)27)11-16(25)12-21(24)28/h14,16-20,22,24H,5-13H2,1-4H3,(H,29,30)(H,31,32,33)/p-2/t14-,16+,17-,18-,19+,20+,22+,24+,25+,26-/m1/s1. The Morgan fingerprint density at radius 2 is 1.83 bits per heavy atom. The van der Waals surface area contributed by atoms with Gasteiger partial charge in [0.25, 0.3) is 0 Å². The molecule has 0 N–H and O–H groups in total. The van der Waals surface area contributed by atoms with E-state index in [4.69, 9.17) is 8.92 Å². The van der Waals surface area contributed by atoms with Gasteiger partial charge in [0.15, 0.2) is 0 Å². The molecule has 0 saturated heterocycles. The molecular formula is C26H38O9S-2. The Morgan fingerprint density at radius 1 is 1.14 bits per heavy atom. The molecular weight excluding hydrogens is 488 g/mol. The number of carbonyl (C=O) groups excluding carboxylic acids is 3. The highest BCUT2D eigenvalue weighted by atomic mass is 32.3. The van der Waals surface area contributed by atoms with Crippen molar-refractivity contribution in [2.24, 2.45) is 46.3 Å². The van der Waals surface area contributed by atoms with Gasteiger partial charge in [-0.15, -0.1) is 0 Å². The van der Waals surface area contributed by atoms with Crippen LogP contribution in [0.3, 0.4) is 0 Å². The lowest BCUT2D eigenvalue weighted by molar-refractivity contribution is -0.306. The van der Waals surface area contributed by atoms with E-state index in [0.717, 1.165) is 12.8 Å². The number of rotatable bonds is 7. The van der Waals surface area contributed by atoms with Crippen molar-refractivity contribution in [1.29, 1.82) is 0 Å². The quantitative estimate of drug-likeness (QED) is 0.277. The first-order valence-corrected chi connectivity index (χ1v) is 14.5. The highest BCUT2D eigenvalue weighted by molar-refractivity contribution is 7.80. The average Bonchev–Trinajstić information content (AvgIpc) is 3.10. The fraction of sp³-hybridized carbons (Fsp3) is 0.885. The summed E-state index contributed by atoms with van der Waals surface area (Å²) in [6, 6.07) is 0. The van der Waals surface area contributed by atoms with Crippen LogP contribution in [-0.2, 0) is 33.7 Å². The van der Waals surface area contributed by atoms with E-state index in [1.54, 1.807) is 0 Å². The Hall–Kier alpha value is -1.52. The summed E-state index contributed by atoms with van der Waals surface area (Å²) in [6.07, 6.45) is 3.32. The SMILES string of the molecule is CC(=O)O[C@@H]1CC[C@@]2(C)[C@H](CC(=O)[C@@H]3[C@@H]2C[C@H](OS(=O)(=O)[O-])[C@]2(C)[C@@H]([C@H](C)CCC(=O)[O-])CC[C@@H]32)C1. The number of hydrogen-bond donors (Lipinski definition) is 0. The number of carboxylic acid groups (broad SMARTS) is 1. The van der Waals surface area contributed by atoms with Crippen molar-refractivity contribution in [2.45, 2.75) is 97.7 Å². The Labute approximate surface area is 213 Å². The predicted octanol–water partition coefficient (Wildman–Crippen LogP) is 2.38. The highest BCUT2D eigenvalue weighted by Crippen LogP contribution is 2.68. The maximum atomic E-state index is 13.7. The minimum absolute atomic E-state index is 0.0115. The van der Waals surface area contributed by atoms with E-state index in [9.17, 15) is 32.5 Å². The summed E-state index contributed by atoms with van der Waals surface area (Å²) < 4.78 is 46.4. The molecule has 0 radical (unpaired) electrons. The van der Waals surface area contributed by atoms with E-state index in [1.807, 2.05) is 13.8 Å². The van der Waals surface area contributed by atoms with Crippen molar-refractivity contribution in [1.82, 2.24) is 0 Å². The molecule has 9 nitrogen and oxygen atoms in total. The molecule has 0 spiro atoms. The number of fused-ring (bicyclic) bond motifs is 5. The molecule has 204 valence electrons. The molecule has 36 heavy (non-hydrogen) atoms. The largest absolute Gasteiger partial charge is 0.726 e. The summed E-state index contributed by atoms with van der Waals surface area (Å²) in [7, 11) is -4.99. The van der Waals surface area contributed by atoms with E-state index in [2.05, 4.69) is 6.92 Å². The van der Waals surface area contributed by atoms with Gasteiger partial charge in [0, 0.05) is 30.6 Å². The number of ether oxygens (including phenoxy) is 1. The molecule has 0 heterocycles. The molecule has 0 aliphatic heterocycles. The third-order valence-corrected chi connectivity index (χ3v) is 11.1. The zero-order valence-electron chi connectivity index (χ0n) is 21.6. The molecule has 4 aliphatic rings. The smallest absolute Gasteiger partial charge is 0.302 e. The molecule has 4 aliphatic carbocycles. The van der Waals surface area contributed by atoms with Gasteiger partial charge in [0.05, 0.1) is 6.10 Å². The lowest BCUT2D eigenvalue weighted by Gasteiger charge is -2.62. The zero-order valence-corrected chi connectivity index (χ0v) is 22.4. The van der Waals surface area contributed by atoms with E-state index < -0.39 is 27.9 Å². The molecule has 0 unspecified atom stereocenters. The first-order chi connectivity index (χ1) is 16.7. The number of esters is 1. The van der Waals surface area contributed by atoms with Gasteiger partial charge in [0.2, 0.25) is 10.4 Å². The summed E-state index contributed by atoms with van der Waals surface area (Å²) in [5.41, 5.74) is -0.999. The topological polar surface area (TPSA) is 150 Å². The van der Waals surface area contributed by atoms with E-state index in [1.165, 1.54) is 6.92 Å². The lowest BCUT2D eigenvalue weighted by atomic mass is 9.43. The van der Waals surface area contributed by atoms with Crippen molar-refractivity contribution in [3.05, 3.63) is 0 Å². The molecule has 0 aromatic rings. The van der Waals surface area contributed by atoms with Crippen LogP contribution in [0.5, 0.6) is 0 Å². The van der Waals surface area contributed by atoms with E-state index in [-0.39, 0.29) is 65.2 Å². The summed E-state index contributed by atoms with van der Waals surface area (Å²) in [5.74, 6) is -1.97. The Kier molecular flexibility index (Phi) is 7.38. The molecule has 4 rings (SSSR count). The van der Waals surface area contributed by atoms with Gasteiger partial charge in [-0.05, 0) is 86.4 Å². The predicted molar refractivity (Wildman–Crippen MR) is 125 cm³/mol. The van der Waals surface area contributed by atoms with Crippen molar-refractivity contribution in [2.75, 3.05) is 0 Å². The third kappa shape index (κ3) is 4.85. The van der Waals surface area contributed by atoms with Gasteiger partial charge < -0.3 is 19.2 Å². The molecule has 10 heteroatoms. The molecule has 4 saturated carbocycles. The summed E-state index contributed by atoms with van der Waals surface area (Å²) >= 11 is 0. The van der Waals surface area contributed by atoms with Gasteiger partial charge in [-0.25, -0.2) is 8.42 Å². The average molecular weight is 527 g/mol. The second-order valence-electron chi connectivity index (χ2n) is 12.3. The molecule has 0 aromatic carbocycles. The van der Waals surface area contributed by atoms with E-state index >= 15 is 0 Å². The maximum Gasteiger partial charge on any atom is 0.302 e. The number of ketones is 1. The molecule has 10 atom stereocenters. The van der Waals surface area contributed by atoms with Crippen LogP contribution >= 0.6 is 0 Å². The van der Waals surface area contributed by atoms with Crippen LogP contribution < -0.4 is 5.11 Å². The van der Waals surface area contributed by atoms with Crippen LogP contribution in [-0.4, -0.2) is 42.9 Å². The van der Waals surface area contributed by atoms with Crippen LogP contribution in [0.1, 0.15) is 85.5 Å². The van der Waals surface area contributed by atoms with Gasteiger partial charge in [-0.3, -0.25) is 13.8 Å². The van der Waals surface area contributed by atoms with Crippen molar-refractivity contribution in [3.8, 4) is 0 Å².